The van der Waals surface area contributed by atoms with Gasteiger partial charge in [0.1, 0.15) is 5.82 Å². The van der Waals surface area contributed by atoms with E-state index in [0.717, 1.165) is 38.7 Å². The quantitative estimate of drug-likeness (QED) is 0.800. The van der Waals surface area contributed by atoms with E-state index >= 15 is 0 Å². The fraction of sp³-hybridized carbons (Fsp3) is 0.250. The van der Waals surface area contributed by atoms with E-state index in [1.807, 2.05) is 43.8 Å². The molecule has 0 fully saturated rings. The summed E-state index contributed by atoms with van der Waals surface area (Å²) >= 11 is 6.22. The van der Waals surface area contributed by atoms with Gasteiger partial charge in [0.15, 0.2) is 0 Å². The van der Waals surface area contributed by atoms with Crippen molar-refractivity contribution in [2.45, 2.75) is 20.4 Å². The second-order valence-corrected chi connectivity index (χ2v) is 5.46. The maximum Gasteiger partial charge on any atom is 0.131 e. The van der Waals surface area contributed by atoms with Gasteiger partial charge < -0.3 is 5.32 Å². The number of pyridine rings is 1. The van der Waals surface area contributed by atoms with Gasteiger partial charge in [-0.3, -0.25) is 4.68 Å². The standard InChI is InChI=1S/C16H17ClN4/c1-10-15(17)11(2)21(20-10)9-13-8-12-6-4-5-7-14(12)19-16(13)18-3/h4-8H,9H2,1-3H3,(H,18,19). The molecule has 0 saturated heterocycles. The van der Waals surface area contributed by atoms with Crippen LogP contribution < -0.4 is 5.32 Å². The normalized spacial score (nSPS) is 11.0. The summed E-state index contributed by atoms with van der Waals surface area (Å²) in [6.07, 6.45) is 0. The van der Waals surface area contributed by atoms with Crippen molar-refractivity contribution < 1.29 is 0 Å². The van der Waals surface area contributed by atoms with Gasteiger partial charge in [0.05, 0.1) is 28.5 Å². The van der Waals surface area contributed by atoms with Crippen LogP contribution in [0.5, 0.6) is 0 Å². The van der Waals surface area contributed by atoms with E-state index < -0.39 is 0 Å². The van der Waals surface area contributed by atoms with Gasteiger partial charge in [-0.25, -0.2) is 4.98 Å². The van der Waals surface area contributed by atoms with Crippen LogP contribution in [-0.2, 0) is 6.54 Å². The topological polar surface area (TPSA) is 42.7 Å². The highest BCUT2D eigenvalue weighted by atomic mass is 35.5. The highest BCUT2D eigenvalue weighted by Gasteiger charge is 2.12. The third-order valence-electron chi connectivity index (χ3n) is 3.65. The van der Waals surface area contributed by atoms with Crippen molar-refractivity contribution in [3.63, 3.8) is 0 Å². The Kier molecular flexibility index (Phi) is 3.55. The summed E-state index contributed by atoms with van der Waals surface area (Å²) in [7, 11) is 1.88. The summed E-state index contributed by atoms with van der Waals surface area (Å²) < 4.78 is 1.92. The van der Waals surface area contributed by atoms with Gasteiger partial charge in [-0.15, -0.1) is 0 Å². The van der Waals surface area contributed by atoms with Crippen molar-refractivity contribution in [2.24, 2.45) is 0 Å². The third kappa shape index (κ3) is 2.47. The molecule has 3 rings (SSSR count). The Labute approximate surface area is 128 Å². The molecule has 3 aromatic rings. The number of nitrogens with zero attached hydrogens (tertiary/aromatic N) is 3. The molecule has 5 heteroatoms. The van der Waals surface area contributed by atoms with E-state index in [1.54, 1.807) is 0 Å². The molecule has 0 spiro atoms. The van der Waals surface area contributed by atoms with Gasteiger partial charge >= 0.3 is 0 Å². The minimum absolute atomic E-state index is 0.646. The fourth-order valence-electron chi connectivity index (χ4n) is 2.49. The molecule has 0 saturated carbocycles. The molecular weight excluding hydrogens is 284 g/mol. The van der Waals surface area contributed by atoms with Crippen molar-refractivity contribution in [1.82, 2.24) is 14.8 Å². The molecule has 0 aliphatic carbocycles. The van der Waals surface area contributed by atoms with Crippen molar-refractivity contribution in [3.8, 4) is 0 Å². The molecule has 2 aromatic heterocycles. The molecule has 0 amide bonds. The summed E-state index contributed by atoms with van der Waals surface area (Å²) in [5.74, 6) is 0.873. The first-order valence-electron chi connectivity index (χ1n) is 6.86. The lowest BCUT2D eigenvalue weighted by Crippen LogP contribution is -2.08. The molecule has 1 N–H and O–H groups in total. The second-order valence-electron chi connectivity index (χ2n) is 5.08. The molecule has 0 bridgehead atoms. The van der Waals surface area contributed by atoms with Gasteiger partial charge in [-0.05, 0) is 26.0 Å². The Morgan fingerprint density at radius 2 is 2.00 bits per heavy atom. The van der Waals surface area contributed by atoms with Gasteiger partial charge in [0.2, 0.25) is 0 Å². The van der Waals surface area contributed by atoms with Gasteiger partial charge in [0, 0.05) is 18.0 Å². The van der Waals surface area contributed by atoms with E-state index in [0.29, 0.717) is 6.54 Å². The third-order valence-corrected chi connectivity index (χ3v) is 4.20. The van der Waals surface area contributed by atoms with Crippen LogP contribution in [0.4, 0.5) is 5.82 Å². The molecule has 2 heterocycles. The molecule has 0 unspecified atom stereocenters. The number of aromatic nitrogens is 3. The number of hydrogen-bond acceptors (Lipinski definition) is 3. The smallest absolute Gasteiger partial charge is 0.131 e. The van der Waals surface area contributed by atoms with Crippen LogP contribution in [0.2, 0.25) is 5.02 Å². The number of fused-ring (bicyclic) bond motifs is 1. The van der Waals surface area contributed by atoms with Crippen molar-refractivity contribution in [1.29, 1.82) is 0 Å². The molecule has 4 nitrogen and oxygen atoms in total. The summed E-state index contributed by atoms with van der Waals surface area (Å²) in [4.78, 5) is 4.66. The number of nitrogens with one attached hydrogen (secondary N) is 1. The van der Waals surface area contributed by atoms with E-state index in [9.17, 15) is 0 Å². The number of para-hydroxylation sites is 1. The summed E-state index contributed by atoms with van der Waals surface area (Å²) in [5.41, 5.74) is 3.91. The molecule has 21 heavy (non-hydrogen) atoms. The first-order valence-corrected chi connectivity index (χ1v) is 7.24. The summed E-state index contributed by atoms with van der Waals surface area (Å²) in [6.45, 7) is 4.55. The van der Waals surface area contributed by atoms with Gasteiger partial charge in [0.25, 0.3) is 0 Å². The molecule has 108 valence electrons. The summed E-state index contributed by atoms with van der Waals surface area (Å²) in [5, 5.41) is 9.51. The Bertz CT molecular complexity index is 807. The van der Waals surface area contributed by atoms with E-state index in [1.165, 1.54) is 0 Å². The van der Waals surface area contributed by atoms with Crippen LogP contribution in [0.25, 0.3) is 10.9 Å². The van der Waals surface area contributed by atoms with E-state index in [4.69, 9.17) is 11.6 Å². The monoisotopic (exact) mass is 300 g/mol. The molecular formula is C16H17ClN4. The lowest BCUT2D eigenvalue weighted by atomic mass is 10.1. The Hall–Kier alpha value is -2.07. The van der Waals surface area contributed by atoms with Gasteiger partial charge in [-0.1, -0.05) is 29.8 Å². The predicted molar refractivity (Wildman–Crippen MR) is 87.1 cm³/mol. The number of aryl methyl sites for hydroxylation is 1. The first-order chi connectivity index (χ1) is 10.1. The lowest BCUT2D eigenvalue weighted by molar-refractivity contribution is 0.659. The minimum atomic E-state index is 0.646. The Morgan fingerprint density at radius 3 is 2.67 bits per heavy atom. The molecule has 0 atom stereocenters. The molecule has 1 aromatic carbocycles. The maximum absolute atomic E-state index is 6.22. The molecule has 0 aliphatic heterocycles. The fourth-order valence-corrected chi connectivity index (χ4v) is 2.62. The SMILES string of the molecule is CNc1nc2ccccc2cc1Cn1nc(C)c(Cl)c1C. The maximum atomic E-state index is 6.22. The zero-order valence-electron chi connectivity index (χ0n) is 12.3. The highest BCUT2D eigenvalue weighted by Crippen LogP contribution is 2.24. The van der Waals surface area contributed by atoms with Crippen molar-refractivity contribution in [2.75, 3.05) is 12.4 Å². The van der Waals surface area contributed by atoms with Crippen LogP contribution in [-0.4, -0.2) is 21.8 Å². The summed E-state index contributed by atoms with van der Waals surface area (Å²) in [6, 6.07) is 10.3. The van der Waals surface area contributed by atoms with Crippen LogP contribution in [0.15, 0.2) is 30.3 Å². The largest absolute Gasteiger partial charge is 0.373 e. The van der Waals surface area contributed by atoms with Gasteiger partial charge in [-0.2, -0.15) is 5.10 Å². The van der Waals surface area contributed by atoms with E-state index in [2.05, 4.69) is 27.5 Å². The minimum Gasteiger partial charge on any atom is -0.373 e. The Morgan fingerprint density at radius 1 is 1.24 bits per heavy atom. The number of anilines is 1. The zero-order valence-corrected chi connectivity index (χ0v) is 13.1. The van der Waals surface area contributed by atoms with Crippen LogP contribution >= 0.6 is 11.6 Å². The molecule has 0 radical (unpaired) electrons. The zero-order chi connectivity index (χ0) is 15.0. The van der Waals surface area contributed by atoms with Crippen LogP contribution in [0.3, 0.4) is 0 Å². The lowest BCUT2D eigenvalue weighted by Gasteiger charge is -2.11. The van der Waals surface area contributed by atoms with Crippen LogP contribution in [0.1, 0.15) is 17.0 Å². The average molecular weight is 301 g/mol. The van der Waals surface area contributed by atoms with Crippen LogP contribution in [0, 0.1) is 13.8 Å². The van der Waals surface area contributed by atoms with E-state index in [-0.39, 0.29) is 0 Å². The second kappa shape index (κ2) is 5.37. The number of benzene rings is 1. The number of rotatable bonds is 3. The number of halogens is 1. The average Bonchev–Trinajstić information content (AvgIpc) is 2.74. The first kappa shape index (κ1) is 13.9. The van der Waals surface area contributed by atoms with Crippen molar-refractivity contribution >= 4 is 28.3 Å². The van der Waals surface area contributed by atoms with Crippen molar-refractivity contribution in [3.05, 3.63) is 52.3 Å². The predicted octanol–water partition coefficient (Wildman–Crippen LogP) is 3.79. The Balaban J connectivity index is 2.08. The molecule has 0 aliphatic rings. The highest BCUT2D eigenvalue weighted by molar-refractivity contribution is 6.31. The number of hydrogen-bond donors (Lipinski definition) is 1.